The molecule has 0 aliphatic rings. The van der Waals surface area contributed by atoms with Crippen molar-refractivity contribution in [2.45, 2.75) is 11.4 Å². The van der Waals surface area contributed by atoms with Gasteiger partial charge in [-0.25, -0.2) is 0 Å². The lowest BCUT2D eigenvalue weighted by atomic mass is 10.2. The monoisotopic (exact) mass is 339 g/mol. The van der Waals surface area contributed by atoms with Crippen LogP contribution < -0.4 is 0 Å². The predicted molar refractivity (Wildman–Crippen MR) is 90.1 cm³/mol. The van der Waals surface area contributed by atoms with Gasteiger partial charge < -0.3 is 4.90 Å². The van der Waals surface area contributed by atoms with Crippen LogP contribution in [0, 0.1) is 0 Å². The minimum atomic E-state index is 0.0786. The molecule has 0 spiro atoms. The maximum atomic E-state index is 12.1. The normalized spacial score (nSPS) is 10.4. The van der Waals surface area contributed by atoms with Crippen LogP contribution >= 0.6 is 35.0 Å². The molecule has 2 aromatic rings. The summed E-state index contributed by atoms with van der Waals surface area (Å²) >= 11 is 13.4. The molecule has 0 heterocycles. The summed E-state index contributed by atoms with van der Waals surface area (Å²) in [5.41, 5.74) is 0.963. The number of carbonyl (C=O) groups is 1. The maximum Gasteiger partial charge on any atom is 0.232 e. The average Bonchev–Trinajstić information content (AvgIpc) is 2.49. The van der Waals surface area contributed by atoms with E-state index in [4.69, 9.17) is 23.2 Å². The summed E-state index contributed by atoms with van der Waals surface area (Å²) in [5.74, 6) is 0.497. The van der Waals surface area contributed by atoms with Crippen LogP contribution in [0.2, 0.25) is 10.0 Å². The molecular weight excluding hydrogens is 325 g/mol. The summed E-state index contributed by atoms with van der Waals surface area (Å²) in [6.45, 7) is 0.519. The highest BCUT2D eigenvalue weighted by Crippen LogP contribution is 2.23. The van der Waals surface area contributed by atoms with E-state index in [0.29, 0.717) is 22.3 Å². The SMILES string of the molecule is CN(Cc1ccc(Cl)c(Cl)c1)C(=O)CSc1ccccc1. The molecule has 0 aliphatic carbocycles. The van der Waals surface area contributed by atoms with Crippen molar-refractivity contribution in [2.24, 2.45) is 0 Å². The van der Waals surface area contributed by atoms with Crippen LogP contribution in [0.15, 0.2) is 53.4 Å². The van der Waals surface area contributed by atoms with Crippen LogP contribution in [-0.4, -0.2) is 23.6 Å². The Morgan fingerprint density at radius 2 is 1.81 bits per heavy atom. The Balaban J connectivity index is 1.88. The molecule has 0 atom stereocenters. The standard InChI is InChI=1S/C16H15Cl2NOS/c1-19(10-12-7-8-14(17)15(18)9-12)16(20)11-21-13-5-3-2-4-6-13/h2-9H,10-11H2,1H3. The first-order valence-corrected chi connectivity index (χ1v) is 8.16. The van der Waals surface area contributed by atoms with Crippen molar-refractivity contribution in [1.29, 1.82) is 0 Å². The van der Waals surface area contributed by atoms with Gasteiger partial charge in [0.2, 0.25) is 5.91 Å². The Hall–Kier alpha value is -1.16. The third kappa shape index (κ3) is 4.95. The first-order valence-electron chi connectivity index (χ1n) is 6.42. The number of rotatable bonds is 5. The zero-order valence-electron chi connectivity index (χ0n) is 11.6. The molecule has 0 saturated carbocycles. The second kappa shape index (κ2) is 7.74. The Bertz CT molecular complexity index is 619. The molecular formula is C16H15Cl2NOS. The van der Waals surface area contributed by atoms with Crippen molar-refractivity contribution in [3.8, 4) is 0 Å². The van der Waals surface area contributed by atoms with Crippen LogP contribution in [0.1, 0.15) is 5.56 Å². The Labute approximate surface area is 139 Å². The fourth-order valence-corrected chi connectivity index (χ4v) is 2.95. The van der Waals surface area contributed by atoms with Crippen LogP contribution in [0.3, 0.4) is 0 Å². The van der Waals surface area contributed by atoms with E-state index in [2.05, 4.69) is 0 Å². The number of amides is 1. The van der Waals surface area contributed by atoms with Gasteiger partial charge >= 0.3 is 0 Å². The summed E-state index contributed by atoms with van der Waals surface area (Å²) in [6, 6.07) is 15.3. The van der Waals surface area contributed by atoms with Crippen molar-refractivity contribution in [3.63, 3.8) is 0 Å². The molecule has 110 valence electrons. The number of hydrogen-bond donors (Lipinski definition) is 0. The molecule has 2 aromatic carbocycles. The molecule has 0 unspecified atom stereocenters. The highest BCUT2D eigenvalue weighted by Gasteiger charge is 2.10. The van der Waals surface area contributed by atoms with Crippen molar-refractivity contribution in [1.82, 2.24) is 4.90 Å². The first kappa shape index (κ1) is 16.2. The van der Waals surface area contributed by atoms with Gasteiger partial charge in [-0.05, 0) is 29.8 Å². The molecule has 1 amide bonds. The topological polar surface area (TPSA) is 20.3 Å². The molecule has 21 heavy (non-hydrogen) atoms. The number of nitrogens with zero attached hydrogens (tertiary/aromatic N) is 1. The molecule has 0 saturated heterocycles. The first-order chi connectivity index (χ1) is 10.1. The van der Waals surface area contributed by atoms with E-state index >= 15 is 0 Å². The Morgan fingerprint density at radius 3 is 2.48 bits per heavy atom. The Kier molecular flexibility index (Phi) is 5.97. The smallest absolute Gasteiger partial charge is 0.232 e. The molecule has 2 nitrogen and oxygen atoms in total. The maximum absolute atomic E-state index is 12.1. The number of halogens is 2. The minimum absolute atomic E-state index is 0.0786. The van der Waals surface area contributed by atoms with Crippen LogP contribution in [-0.2, 0) is 11.3 Å². The van der Waals surface area contributed by atoms with Gasteiger partial charge in [0.15, 0.2) is 0 Å². The zero-order chi connectivity index (χ0) is 15.2. The molecule has 0 fully saturated rings. The van der Waals surface area contributed by atoms with Crippen molar-refractivity contribution < 1.29 is 4.79 Å². The van der Waals surface area contributed by atoms with Gasteiger partial charge in [0.05, 0.1) is 15.8 Å². The average molecular weight is 340 g/mol. The molecule has 0 bridgehead atoms. The molecule has 5 heteroatoms. The van der Waals surface area contributed by atoms with Crippen molar-refractivity contribution >= 4 is 40.9 Å². The van der Waals surface area contributed by atoms with Crippen LogP contribution in [0.4, 0.5) is 0 Å². The van der Waals surface area contributed by atoms with Crippen molar-refractivity contribution in [2.75, 3.05) is 12.8 Å². The minimum Gasteiger partial charge on any atom is -0.341 e. The van der Waals surface area contributed by atoms with Gasteiger partial charge in [0.1, 0.15) is 0 Å². The van der Waals surface area contributed by atoms with Crippen LogP contribution in [0.25, 0.3) is 0 Å². The van der Waals surface area contributed by atoms with E-state index in [0.717, 1.165) is 10.5 Å². The zero-order valence-corrected chi connectivity index (χ0v) is 13.9. The second-order valence-corrected chi connectivity index (χ2v) is 6.46. The van der Waals surface area contributed by atoms with Gasteiger partial charge in [-0.3, -0.25) is 4.79 Å². The van der Waals surface area contributed by atoms with E-state index < -0.39 is 0 Å². The largest absolute Gasteiger partial charge is 0.341 e. The second-order valence-electron chi connectivity index (χ2n) is 4.60. The van der Waals surface area contributed by atoms with Crippen molar-refractivity contribution in [3.05, 3.63) is 64.1 Å². The summed E-state index contributed by atoms with van der Waals surface area (Å²) in [6.07, 6.45) is 0. The molecule has 0 radical (unpaired) electrons. The number of thioether (sulfide) groups is 1. The molecule has 2 rings (SSSR count). The Morgan fingerprint density at radius 1 is 1.10 bits per heavy atom. The van der Waals surface area contributed by atoms with Gasteiger partial charge in [-0.15, -0.1) is 11.8 Å². The fraction of sp³-hybridized carbons (Fsp3) is 0.188. The fourth-order valence-electron chi connectivity index (χ4n) is 1.77. The summed E-state index contributed by atoms with van der Waals surface area (Å²) < 4.78 is 0. The predicted octanol–water partition coefficient (Wildman–Crippen LogP) is 4.74. The summed E-state index contributed by atoms with van der Waals surface area (Å²) in [4.78, 5) is 14.9. The highest BCUT2D eigenvalue weighted by molar-refractivity contribution is 8.00. The van der Waals surface area contributed by atoms with E-state index in [9.17, 15) is 4.79 Å². The van der Waals surface area contributed by atoms with Crippen LogP contribution in [0.5, 0.6) is 0 Å². The lowest BCUT2D eigenvalue weighted by molar-refractivity contribution is -0.127. The van der Waals surface area contributed by atoms with E-state index in [-0.39, 0.29) is 5.91 Å². The summed E-state index contributed by atoms with van der Waals surface area (Å²) in [7, 11) is 1.79. The lowest BCUT2D eigenvalue weighted by Crippen LogP contribution is -2.27. The third-order valence-electron chi connectivity index (χ3n) is 2.94. The van der Waals surface area contributed by atoms with E-state index in [1.165, 1.54) is 11.8 Å². The van der Waals surface area contributed by atoms with E-state index in [1.807, 2.05) is 36.4 Å². The van der Waals surface area contributed by atoms with E-state index in [1.54, 1.807) is 24.1 Å². The molecule has 0 aromatic heterocycles. The number of benzene rings is 2. The molecule has 0 aliphatic heterocycles. The summed E-state index contributed by atoms with van der Waals surface area (Å²) in [5, 5.41) is 1.03. The number of hydrogen-bond acceptors (Lipinski definition) is 2. The third-order valence-corrected chi connectivity index (χ3v) is 4.67. The highest BCUT2D eigenvalue weighted by atomic mass is 35.5. The molecule has 0 N–H and O–H groups in total. The lowest BCUT2D eigenvalue weighted by Gasteiger charge is -2.17. The quantitative estimate of drug-likeness (QED) is 0.733. The number of carbonyl (C=O) groups excluding carboxylic acids is 1. The van der Waals surface area contributed by atoms with Gasteiger partial charge in [-0.2, -0.15) is 0 Å². The van der Waals surface area contributed by atoms with Gasteiger partial charge in [-0.1, -0.05) is 47.5 Å². The van der Waals surface area contributed by atoms with Gasteiger partial charge in [0, 0.05) is 18.5 Å². The van der Waals surface area contributed by atoms with Gasteiger partial charge in [0.25, 0.3) is 0 Å².